The van der Waals surface area contributed by atoms with Crippen LogP contribution in [0.15, 0.2) is 59.7 Å². The van der Waals surface area contributed by atoms with Gasteiger partial charge in [-0.25, -0.2) is 0 Å². The van der Waals surface area contributed by atoms with Crippen LogP contribution in [0.4, 0.5) is 0 Å². The van der Waals surface area contributed by atoms with Gasteiger partial charge in [-0.15, -0.1) is 0 Å². The average molecular weight is 322 g/mol. The van der Waals surface area contributed by atoms with E-state index >= 15 is 0 Å². The minimum Gasteiger partial charge on any atom is -0.351 e. The van der Waals surface area contributed by atoms with Gasteiger partial charge in [0.2, 0.25) is 0 Å². The molecular formula is C20H26N4. The second-order valence-electron chi connectivity index (χ2n) is 6.45. The van der Waals surface area contributed by atoms with Gasteiger partial charge in [-0.3, -0.25) is 9.98 Å². The van der Waals surface area contributed by atoms with E-state index in [9.17, 15) is 0 Å². The summed E-state index contributed by atoms with van der Waals surface area (Å²) in [6, 6.07) is 16.9. The molecule has 0 amide bonds. The number of pyridine rings is 1. The van der Waals surface area contributed by atoms with Crippen molar-refractivity contribution in [2.75, 3.05) is 20.1 Å². The van der Waals surface area contributed by atoms with Crippen LogP contribution in [0, 0.1) is 5.92 Å². The van der Waals surface area contributed by atoms with E-state index in [0.717, 1.165) is 31.2 Å². The summed E-state index contributed by atoms with van der Waals surface area (Å²) in [6.07, 6.45) is 2.99. The van der Waals surface area contributed by atoms with Crippen LogP contribution in [0.5, 0.6) is 0 Å². The number of rotatable bonds is 3. The van der Waals surface area contributed by atoms with Crippen molar-refractivity contribution in [2.24, 2.45) is 10.9 Å². The molecule has 24 heavy (non-hydrogen) atoms. The highest BCUT2D eigenvalue weighted by atomic mass is 15.3. The summed E-state index contributed by atoms with van der Waals surface area (Å²) in [5.41, 5.74) is 2.49. The summed E-state index contributed by atoms with van der Waals surface area (Å²) in [5, 5.41) is 3.44. The fourth-order valence-electron chi connectivity index (χ4n) is 3.54. The number of hydrogen-bond acceptors (Lipinski definition) is 2. The molecule has 1 aromatic heterocycles. The van der Waals surface area contributed by atoms with Crippen LogP contribution in [-0.4, -0.2) is 36.0 Å². The summed E-state index contributed by atoms with van der Waals surface area (Å²) in [7, 11) is 1.86. The number of likely N-dealkylation sites (tertiary alicyclic amines) is 1. The van der Waals surface area contributed by atoms with Crippen molar-refractivity contribution in [1.82, 2.24) is 15.2 Å². The van der Waals surface area contributed by atoms with Crippen molar-refractivity contribution in [1.29, 1.82) is 0 Å². The molecule has 0 radical (unpaired) electrons. The lowest BCUT2D eigenvalue weighted by molar-refractivity contribution is 0.234. The van der Waals surface area contributed by atoms with Gasteiger partial charge in [0.15, 0.2) is 5.96 Å². The average Bonchev–Trinajstić information content (AvgIpc) is 2.64. The number of piperidine rings is 1. The third-order valence-electron chi connectivity index (χ3n) is 4.80. The highest BCUT2D eigenvalue weighted by molar-refractivity contribution is 5.80. The third kappa shape index (κ3) is 3.94. The number of hydrogen-bond donors (Lipinski definition) is 1. The molecule has 1 saturated heterocycles. The highest BCUT2D eigenvalue weighted by Gasteiger charge is 2.28. The molecule has 1 aromatic carbocycles. The second kappa shape index (κ2) is 7.95. The lowest BCUT2D eigenvalue weighted by atomic mass is 9.82. The minimum absolute atomic E-state index is 0.606. The number of nitrogens with one attached hydrogen (secondary N) is 1. The van der Waals surface area contributed by atoms with Crippen molar-refractivity contribution < 1.29 is 0 Å². The number of aromatic nitrogens is 1. The van der Waals surface area contributed by atoms with E-state index < -0.39 is 0 Å². The number of guanidine groups is 1. The Labute approximate surface area is 144 Å². The zero-order valence-electron chi connectivity index (χ0n) is 14.5. The molecule has 0 spiro atoms. The zero-order valence-corrected chi connectivity index (χ0v) is 14.5. The summed E-state index contributed by atoms with van der Waals surface area (Å²) in [6.45, 7) is 5.11. The van der Waals surface area contributed by atoms with Crippen LogP contribution in [0.1, 0.15) is 30.5 Å². The first-order valence-corrected chi connectivity index (χ1v) is 8.68. The van der Waals surface area contributed by atoms with Crippen molar-refractivity contribution in [3.05, 3.63) is 66.0 Å². The zero-order chi connectivity index (χ0) is 16.8. The summed E-state index contributed by atoms with van der Waals surface area (Å²) < 4.78 is 0. The van der Waals surface area contributed by atoms with Crippen LogP contribution >= 0.6 is 0 Å². The monoisotopic (exact) mass is 322 g/mol. The van der Waals surface area contributed by atoms with E-state index in [0.29, 0.717) is 18.4 Å². The van der Waals surface area contributed by atoms with Gasteiger partial charge < -0.3 is 10.2 Å². The largest absolute Gasteiger partial charge is 0.351 e. The minimum atomic E-state index is 0.606. The molecule has 4 nitrogen and oxygen atoms in total. The summed E-state index contributed by atoms with van der Waals surface area (Å²) in [4.78, 5) is 11.2. The van der Waals surface area contributed by atoms with Gasteiger partial charge in [-0.1, -0.05) is 43.3 Å². The highest BCUT2D eigenvalue weighted by Crippen LogP contribution is 2.32. The van der Waals surface area contributed by atoms with Crippen LogP contribution in [-0.2, 0) is 6.54 Å². The van der Waals surface area contributed by atoms with Crippen molar-refractivity contribution in [3.63, 3.8) is 0 Å². The SMILES string of the molecule is CN=C(NCc1ccccn1)N1CCC(c2ccccc2)C(C)C1. The first-order valence-electron chi connectivity index (χ1n) is 8.68. The Bertz CT molecular complexity index is 654. The third-order valence-corrected chi connectivity index (χ3v) is 4.80. The summed E-state index contributed by atoms with van der Waals surface area (Å²) in [5.74, 6) is 2.21. The molecule has 2 atom stereocenters. The fraction of sp³-hybridized carbons (Fsp3) is 0.400. The predicted octanol–water partition coefficient (Wildman–Crippen LogP) is 3.28. The van der Waals surface area contributed by atoms with Crippen LogP contribution in [0.25, 0.3) is 0 Å². The van der Waals surface area contributed by atoms with Gasteiger partial charge >= 0.3 is 0 Å². The Morgan fingerprint density at radius 2 is 2.00 bits per heavy atom. The Hall–Kier alpha value is -2.36. The van der Waals surface area contributed by atoms with Crippen molar-refractivity contribution in [2.45, 2.75) is 25.8 Å². The van der Waals surface area contributed by atoms with E-state index in [1.807, 2.05) is 31.4 Å². The fourth-order valence-corrected chi connectivity index (χ4v) is 3.54. The molecule has 0 bridgehead atoms. The molecule has 3 rings (SSSR count). The molecular weight excluding hydrogens is 296 g/mol. The molecule has 0 aliphatic carbocycles. The van der Waals surface area contributed by atoms with Gasteiger partial charge in [0.25, 0.3) is 0 Å². The molecule has 2 heterocycles. The lowest BCUT2D eigenvalue weighted by Crippen LogP contribution is -2.47. The molecule has 126 valence electrons. The lowest BCUT2D eigenvalue weighted by Gasteiger charge is -2.38. The Balaban J connectivity index is 1.59. The normalized spacial score (nSPS) is 21.6. The van der Waals surface area contributed by atoms with E-state index in [4.69, 9.17) is 0 Å². The molecule has 4 heteroatoms. The number of aliphatic imine (C=N–C) groups is 1. The maximum Gasteiger partial charge on any atom is 0.193 e. The molecule has 2 unspecified atom stereocenters. The standard InChI is InChI=1S/C20H26N4/c1-16-15-24(13-11-19(16)17-8-4-3-5-9-17)20(21-2)23-14-18-10-6-7-12-22-18/h3-10,12,16,19H,11,13-15H2,1-2H3,(H,21,23). The predicted molar refractivity (Wildman–Crippen MR) is 99.0 cm³/mol. The van der Waals surface area contributed by atoms with E-state index in [1.165, 1.54) is 5.56 Å². The van der Waals surface area contributed by atoms with Crippen LogP contribution < -0.4 is 5.32 Å². The molecule has 1 N–H and O–H groups in total. The molecule has 0 saturated carbocycles. The Kier molecular flexibility index (Phi) is 5.47. The van der Waals surface area contributed by atoms with Crippen molar-refractivity contribution in [3.8, 4) is 0 Å². The first-order chi connectivity index (χ1) is 11.8. The Morgan fingerprint density at radius 3 is 2.67 bits per heavy atom. The second-order valence-corrected chi connectivity index (χ2v) is 6.45. The first kappa shape index (κ1) is 16.5. The smallest absolute Gasteiger partial charge is 0.193 e. The van der Waals surface area contributed by atoms with Gasteiger partial charge in [0.05, 0.1) is 12.2 Å². The van der Waals surface area contributed by atoms with E-state index in [1.54, 1.807) is 0 Å². The van der Waals surface area contributed by atoms with Crippen LogP contribution in [0.3, 0.4) is 0 Å². The molecule has 1 aliphatic rings. The number of nitrogens with zero attached hydrogens (tertiary/aromatic N) is 3. The summed E-state index contributed by atoms with van der Waals surface area (Å²) >= 11 is 0. The molecule has 1 fully saturated rings. The maximum atomic E-state index is 4.46. The molecule has 1 aliphatic heterocycles. The maximum absolute atomic E-state index is 4.46. The number of benzene rings is 1. The Morgan fingerprint density at radius 1 is 1.21 bits per heavy atom. The van der Waals surface area contributed by atoms with Crippen molar-refractivity contribution >= 4 is 5.96 Å². The van der Waals surface area contributed by atoms with E-state index in [-0.39, 0.29) is 0 Å². The van der Waals surface area contributed by atoms with Gasteiger partial charge in [0, 0.05) is 26.3 Å². The van der Waals surface area contributed by atoms with Gasteiger partial charge in [-0.2, -0.15) is 0 Å². The topological polar surface area (TPSA) is 40.5 Å². The van der Waals surface area contributed by atoms with E-state index in [2.05, 4.69) is 57.4 Å². The van der Waals surface area contributed by atoms with Crippen LogP contribution in [0.2, 0.25) is 0 Å². The quantitative estimate of drug-likeness (QED) is 0.696. The van der Waals surface area contributed by atoms with Gasteiger partial charge in [0.1, 0.15) is 0 Å². The molecule has 2 aromatic rings. The van der Waals surface area contributed by atoms with Gasteiger partial charge in [-0.05, 0) is 36.0 Å².